The molecule has 3 amide bonds. The zero-order chi connectivity index (χ0) is 35.4. The second-order valence-electron chi connectivity index (χ2n) is 13.5. The third kappa shape index (κ3) is 11.1. The summed E-state index contributed by atoms with van der Waals surface area (Å²) in [5, 5.41) is 21.1. The van der Waals surface area contributed by atoms with Crippen LogP contribution >= 0.6 is 11.3 Å². The number of hydrogen-bond donors (Lipinski definition) is 4. The number of piperidine rings is 1. The van der Waals surface area contributed by atoms with Crippen LogP contribution in [0.4, 0.5) is 0 Å². The number of likely N-dealkylation sites (N-methyl/N-ethyl adjacent to an activating group) is 1. The van der Waals surface area contributed by atoms with Gasteiger partial charge in [0.25, 0.3) is 5.91 Å². The molecular formula is C36H55N5O6S. The Morgan fingerprint density at radius 1 is 1.08 bits per heavy atom. The molecule has 12 heteroatoms. The fraction of sp³-hybridized carbons (Fsp3) is 0.639. The first-order valence-corrected chi connectivity index (χ1v) is 18.1. The van der Waals surface area contributed by atoms with E-state index in [4.69, 9.17) is 4.74 Å². The highest BCUT2D eigenvalue weighted by molar-refractivity contribution is 7.09. The summed E-state index contributed by atoms with van der Waals surface area (Å²) >= 11 is 1.31. The molecule has 266 valence electrons. The lowest BCUT2D eigenvalue weighted by molar-refractivity contribution is -0.141. The van der Waals surface area contributed by atoms with Crippen LogP contribution in [0.5, 0.6) is 0 Å². The van der Waals surface area contributed by atoms with Crippen molar-refractivity contribution >= 4 is 35.0 Å². The van der Waals surface area contributed by atoms with Gasteiger partial charge in [-0.25, -0.2) is 4.98 Å². The number of nitrogens with one attached hydrogen (secondary N) is 3. The molecule has 7 atom stereocenters. The van der Waals surface area contributed by atoms with E-state index in [1.807, 2.05) is 44.2 Å². The first kappa shape index (κ1) is 39.1. The fourth-order valence-corrected chi connectivity index (χ4v) is 7.10. The Balaban J connectivity index is 1.73. The van der Waals surface area contributed by atoms with Gasteiger partial charge in [-0.1, -0.05) is 77.8 Å². The molecular weight excluding hydrogens is 630 g/mol. The molecule has 3 rings (SSSR count). The van der Waals surface area contributed by atoms with Gasteiger partial charge >= 0.3 is 5.97 Å². The van der Waals surface area contributed by atoms with Crippen molar-refractivity contribution in [3.8, 4) is 0 Å². The van der Waals surface area contributed by atoms with Crippen LogP contribution in [0.2, 0.25) is 0 Å². The molecule has 2 heterocycles. The predicted octanol–water partition coefficient (Wildman–Crippen LogP) is 4.83. The number of nitrogens with zero attached hydrogens (tertiary/aromatic N) is 2. The number of carboxylic acid groups (broad SMARTS) is 1. The first-order chi connectivity index (χ1) is 22.9. The maximum absolute atomic E-state index is 14.0. The number of amides is 3. The molecule has 1 aliphatic rings. The maximum atomic E-state index is 14.0. The van der Waals surface area contributed by atoms with Crippen LogP contribution in [0.1, 0.15) is 100 Å². The quantitative estimate of drug-likeness (QED) is 0.174. The number of ether oxygens (including phenoxy) is 1. The summed E-state index contributed by atoms with van der Waals surface area (Å²) in [6.07, 6.45) is 4.27. The minimum absolute atomic E-state index is 0.0530. The molecule has 0 aliphatic carbocycles. The van der Waals surface area contributed by atoms with Crippen molar-refractivity contribution in [3.63, 3.8) is 0 Å². The van der Waals surface area contributed by atoms with Gasteiger partial charge in [-0.05, 0) is 49.6 Å². The van der Waals surface area contributed by atoms with E-state index in [0.29, 0.717) is 17.8 Å². The average molecular weight is 686 g/mol. The summed E-state index contributed by atoms with van der Waals surface area (Å²) in [4.78, 5) is 58.5. The largest absolute Gasteiger partial charge is 0.481 e. The monoisotopic (exact) mass is 685 g/mol. The van der Waals surface area contributed by atoms with E-state index in [-0.39, 0.29) is 53.8 Å². The smallest absolute Gasteiger partial charge is 0.306 e. The van der Waals surface area contributed by atoms with Gasteiger partial charge in [0.05, 0.1) is 12.0 Å². The lowest BCUT2D eigenvalue weighted by Gasteiger charge is -2.37. The molecule has 0 bridgehead atoms. The molecule has 48 heavy (non-hydrogen) atoms. The summed E-state index contributed by atoms with van der Waals surface area (Å²) in [5.74, 6) is -2.17. The highest BCUT2D eigenvalue weighted by atomic mass is 32.1. The predicted molar refractivity (Wildman–Crippen MR) is 188 cm³/mol. The standard InChI is InChI=1S/C36H55N5O6S/c1-8-23(4)31(40-32(42)27-16-12-13-17-37-27)35(44)41(6)29(22(2)3)20-30(47-7)34-39-28(21-48-34)33(43)38-26(18-24(5)36(45)46)19-25-14-10-9-11-15-25/h9-11,14-15,21-24,26-27,29-31,37H,8,12-13,16-20H2,1-7H3,(H,38,43)(H,40,42)(H,45,46)/t23-,24-,26+,27+,29+,30+,31-/m0/s1. The molecule has 0 radical (unpaired) electrons. The lowest BCUT2D eigenvalue weighted by atomic mass is 9.92. The summed E-state index contributed by atoms with van der Waals surface area (Å²) in [6, 6.07) is 8.09. The molecule has 1 aliphatic heterocycles. The van der Waals surface area contributed by atoms with Crippen LogP contribution in [0, 0.1) is 17.8 Å². The van der Waals surface area contributed by atoms with Crippen molar-refractivity contribution in [1.29, 1.82) is 0 Å². The van der Waals surface area contributed by atoms with Crippen LogP contribution in [-0.2, 0) is 25.5 Å². The number of carbonyl (C=O) groups is 4. The third-order valence-corrected chi connectivity index (χ3v) is 10.4. The van der Waals surface area contributed by atoms with Crippen LogP contribution in [0.15, 0.2) is 35.7 Å². The molecule has 1 fully saturated rings. The zero-order valence-electron chi connectivity index (χ0n) is 29.5. The fourth-order valence-electron chi connectivity index (χ4n) is 6.21. The number of methoxy groups -OCH3 is 1. The normalized spacial score (nSPS) is 18.6. The molecule has 0 unspecified atom stereocenters. The van der Waals surface area contributed by atoms with E-state index in [2.05, 4.69) is 34.8 Å². The summed E-state index contributed by atoms with van der Waals surface area (Å²) < 4.78 is 5.89. The SMILES string of the molecule is CC[C@H](C)[C@H](NC(=O)[C@H]1CCCCN1)C(=O)N(C)[C@H](C[C@@H](OC)c1nc(C(=O)N[C@@H](Cc2ccccc2)C[C@H](C)C(=O)O)cs1)C(C)C. The Bertz CT molecular complexity index is 1330. The van der Waals surface area contributed by atoms with Gasteiger partial charge < -0.3 is 30.7 Å². The van der Waals surface area contributed by atoms with Gasteiger partial charge in [0, 0.05) is 38.0 Å². The first-order valence-electron chi connectivity index (χ1n) is 17.2. The zero-order valence-corrected chi connectivity index (χ0v) is 30.3. The van der Waals surface area contributed by atoms with E-state index >= 15 is 0 Å². The number of carboxylic acids is 1. The average Bonchev–Trinajstić information content (AvgIpc) is 3.57. The Labute approximate surface area is 289 Å². The van der Waals surface area contributed by atoms with Crippen LogP contribution in [-0.4, -0.2) is 83.6 Å². The topological polar surface area (TPSA) is 150 Å². The van der Waals surface area contributed by atoms with Crippen LogP contribution < -0.4 is 16.0 Å². The maximum Gasteiger partial charge on any atom is 0.306 e. The Kier molecular flexibility index (Phi) is 15.5. The van der Waals surface area contributed by atoms with Crippen molar-refractivity contribution in [3.05, 3.63) is 52.0 Å². The Hall–Kier alpha value is -3.35. The Morgan fingerprint density at radius 3 is 2.38 bits per heavy atom. The van der Waals surface area contributed by atoms with E-state index < -0.39 is 30.1 Å². The molecule has 1 saturated heterocycles. The van der Waals surface area contributed by atoms with E-state index in [1.165, 1.54) is 11.3 Å². The van der Waals surface area contributed by atoms with Crippen LogP contribution in [0.25, 0.3) is 0 Å². The van der Waals surface area contributed by atoms with E-state index in [9.17, 15) is 24.3 Å². The van der Waals surface area contributed by atoms with Gasteiger partial charge in [0.2, 0.25) is 11.8 Å². The van der Waals surface area contributed by atoms with Gasteiger partial charge in [-0.15, -0.1) is 11.3 Å². The molecule has 0 saturated carbocycles. The number of benzene rings is 1. The second kappa shape index (κ2) is 19.0. The summed E-state index contributed by atoms with van der Waals surface area (Å²) in [5.41, 5.74) is 1.23. The highest BCUT2D eigenvalue weighted by Gasteiger charge is 2.36. The minimum Gasteiger partial charge on any atom is -0.481 e. The van der Waals surface area contributed by atoms with Crippen molar-refractivity contribution in [1.82, 2.24) is 25.8 Å². The lowest BCUT2D eigenvalue weighted by Crippen LogP contribution is -2.57. The van der Waals surface area contributed by atoms with Crippen molar-refractivity contribution < 1.29 is 29.0 Å². The highest BCUT2D eigenvalue weighted by Crippen LogP contribution is 2.30. The summed E-state index contributed by atoms with van der Waals surface area (Å²) in [7, 11) is 3.37. The number of aromatic nitrogens is 1. The third-order valence-electron chi connectivity index (χ3n) is 9.51. The number of carbonyl (C=O) groups excluding carboxylic acids is 3. The minimum atomic E-state index is -0.913. The number of rotatable bonds is 18. The molecule has 1 aromatic heterocycles. The van der Waals surface area contributed by atoms with Gasteiger partial charge in [0.15, 0.2) is 0 Å². The molecule has 2 aromatic rings. The van der Waals surface area contributed by atoms with E-state index in [1.54, 1.807) is 31.4 Å². The summed E-state index contributed by atoms with van der Waals surface area (Å²) in [6.45, 7) is 10.5. The van der Waals surface area contributed by atoms with Gasteiger partial charge in [0.1, 0.15) is 22.8 Å². The molecule has 11 nitrogen and oxygen atoms in total. The van der Waals surface area contributed by atoms with Crippen LogP contribution in [0.3, 0.4) is 0 Å². The Morgan fingerprint density at radius 2 is 1.79 bits per heavy atom. The van der Waals surface area contributed by atoms with Crippen molar-refractivity contribution in [2.45, 2.75) is 110 Å². The number of aliphatic carboxylic acids is 1. The number of thiazole rings is 1. The molecule has 0 spiro atoms. The van der Waals surface area contributed by atoms with Gasteiger partial charge in [-0.2, -0.15) is 0 Å². The molecule has 4 N–H and O–H groups in total. The van der Waals surface area contributed by atoms with Crippen molar-refractivity contribution in [2.24, 2.45) is 17.8 Å². The van der Waals surface area contributed by atoms with Gasteiger partial charge in [-0.3, -0.25) is 19.2 Å². The second-order valence-corrected chi connectivity index (χ2v) is 14.4. The molecule has 1 aromatic carbocycles. The van der Waals surface area contributed by atoms with Crippen molar-refractivity contribution in [2.75, 3.05) is 20.7 Å². The van der Waals surface area contributed by atoms with E-state index in [0.717, 1.165) is 37.8 Å². The number of hydrogen-bond acceptors (Lipinski definition) is 8.